The van der Waals surface area contributed by atoms with Crippen molar-refractivity contribution in [2.45, 2.75) is 18.9 Å². The minimum absolute atomic E-state index is 0.619. The van der Waals surface area contributed by atoms with E-state index in [9.17, 15) is 5.11 Å². The highest BCUT2D eigenvalue weighted by molar-refractivity contribution is 4.97. The van der Waals surface area contributed by atoms with Crippen molar-refractivity contribution < 1.29 is 9.84 Å². The van der Waals surface area contributed by atoms with Gasteiger partial charge in [0, 0.05) is 39.8 Å². The number of β-amino-alcohol motifs (C(OH)–C–C–N with tert-alkyl or cyclic N) is 1. The average molecular weight is 185 g/mol. The lowest BCUT2D eigenvalue weighted by Crippen LogP contribution is -2.40. The Balaban J connectivity index is 2.24. The zero-order chi connectivity index (χ0) is 9.73. The summed E-state index contributed by atoms with van der Waals surface area (Å²) in [6.45, 7) is 5.13. The van der Waals surface area contributed by atoms with Gasteiger partial charge in [0.25, 0.3) is 0 Å². The molecule has 1 rings (SSSR count). The third-order valence-electron chi connectivity index (χ3n) is 2.30. The maximum absolute atomic E-state index is 9.96. The second-order valence-corrected chi connectivity index (χ2v) is 3.91. The summed E-state index contributed by atoms with van der Waals surface area (Å²) in [5.41, 5.74) is -0.623. The Bertz CT molecular complexity index is 170. The largest absolute Gasteiger partial charge is 0.389 e. The van der Waals surface area contributed by atoms with Crippen molar-refractivity contribution in [3.8, 4) is 0 Å². The molecule has 0 saturated carbocycles. The fourth-order valence-corrected chi connectivity index (χ4v) is 1.53. The van der Waals surface area contributed by atoms with Gasteiger partial charge in [-0.05, 0) is 6.92 Å². The van der Waals surface area contributed by atoms with Gasteiger partial charge in [-0.15, -0.1) is 0 Å². The summed E-state index contributed by atoms with van der Waals surface area (Å²) < 4.78 is 4.95. The molecule has 0 spiro atoms. The summed E-state index contributed by atoms with van der Waals surface area (Å²) in [7, 11) is 1.66. The third-order valence-corrected chi connectivity index (χ3v) is 2.30. The van der Waals surface area contributed by atoms with Gasteiger partial charge in [-0.2, -0.15) is 0 Å². The van der Waals surface area contributed by atoms with Gasteiger partial charge in [0.15, 0.2) is 0 Å². The summed E-state index contributed by atoms with van der Waals surface area (Å²) in [5, 5.41) is 9.96. The molecule has 1 atom stereocenters. The topological polar surface area (TPSA) is 32.7 Å². The summed E-state index contributed by atoms with van der Waals surface area (Å²) in [6.07, 6.45) is 4.96. The van der Waals surface area contributed by atoms with Crippen LogP contribution in [0.15, 0.2) is 12.2 Å². The predicted octanol–water partition coefficient (Wildman–Crippen LogP) is 0.646. The summed E-state index contributed by atoms with van der Waals surface area (Å²) in [4.78, 5) is 2.22. The van der Waals surface area contributed by atoms with Crippen LogP contribution in [-0.2, 0) is 4.74 Å². The minimum Gasteiger partial charge on any atom is -0.389 e. The Kier molecular flexibility index (Phi) is 3.90. The van der Waals surface area contributed by atoms with Crippen LogP contribution in [0.5, 0.6) is 0 Å². The molecule has 3 nitrogen and oxygen atoms in total. The molecule has 3 heteroatoms. The van der Waals surface area contributed by atoms with E-state index >= 15 is 0 Å². The van der Waals surface area contributed by atoms with Crippen molar-refractivity contribution in [3.63, 3.8) is 0 Å². The first-order chi connectivity index (χ1) is 6.14. The standard InChI is InChI=1S/C10H19NO2/c1-10(12,5-8-13-2)9-11-6-3-4-7-11/h3-4,12H,5-9H2,1-2H3. The Morgan fingerprint density at radius 2 is 2.08 bits per heavy atom. The Labute approximate surface area is 80.0 Å². The van der Waals surface area contributed by atoms with Crippen molar-refractivity contribution >= 4 is 0 Å². The SMILES string of the molecule is COCCC(C)(O)CN1CC=CC1. The van der Waals surface area contributed by atoms with E-state index < -0.39 is 5.60 Å². The van der Waals surface area contributed by atoms with Crippen molar-refractivity contribution in [3.05, 3.63) is 12.2 Å². The van der Waals surface area contributed by atoms with Gasteiger partial charge in [0.2, 0.25) is 0 Å². The van der Waals surface area contributed by atoms with Crippen LogP contribution < -0.4 is 0 Å². The molecule has 0 aliphatic carbocycles. The smallest absolute Gasteiger partial charge is 0.0768 e. The van der Waals surface area contributed by atoms with E-state index in [2.05, 4.69) is 17.1 Å². The molecule has 1 N–H and O–H groups in total. The number of hydrogen-bond acceptors (Lipinski definition) is 3. The molecule has 0 aromatic carbocycles. The number of methoxy groups -OCH3 is 1. The van der Waals surface area contributed by atoms with Crippen LogP contribution in [0.25, 0.3) is 0 Å². The quantitative estimate of drug-likeness (QED) is 0.638. The number of rotatable bonds is 5. The van der Waals surface area contributed by atoms with Crippen molar-refractivity contribution in [1.82, 2.24) is 4.90 Å². The first kappa shape index (κ1) is 10.7. The van der Waals surface area contributed by atoms with Crippen LogP contribution in [0.3, 0.4) is 0 Å². The van der Waals surface area contributed by atoms with Crippen molar-refractivity contribution in [2.24, 2.45) is 0 Å². The molecule has 0 aromatic rings. The van der Waals surface area contributed by atoms with E-state index in [0.717, 1.165) is 19.6 Å². The first-order valence-corrected chi connectivity index (χ1v) is 4.73. The van der Waals surface area contributed by atoms with Gasteiger partial charge < -0.3 is 9.84 Å². The molecule has 0 radical (unpaired) electrons. The molecular weight excluding hydrogens is 166 g/mol. The second kappa shape index (κ2) is 4.74. The average Bonchev–Trinajstić information content (AvgIpc) is 2.52. The van der Waals surface area contributed by atoms with Gasteiger partial charge in [-0.3, -0.25) is 4.90 Å². The van der Waals surface area contributed by atoms with Crippen molar-refractivity contribution in [1.29, 1.82) is 0 Å². The highest BCUT2D eigenvalue weighted by Gasteiger charge is 2.23. The molecule has 0 saturated heterocycles. The van der Waals surface area contributed by atoms with Gasteiger partial charge >= 0.3 is 0 Å². The summed E-state index contributed by atoms with van der Waals surface area (Å²) in [6, 6.07) is 0. The number of aliphatic hydroxyl groups is 1. The van der Waals surface area contributed by atoms with Crippen LogP contribution in [-0.4, -0.2) is 49.0 Å². The van der Waals surface area contributed by atoms with E-state index in [1.807, 2.05) is 6.92 Å². The molecule has 0 fully saturated rings. The maximum Gasteiger partial charge on any atom is 0.0768 e. The van der Waals surface area contributed by atoms with Gasteiger partial charge in [0.05, 0.1) is 5.60 Å². The Hall–Kier alpha value is -0.380. The lowest BCUT2D eigenvalue weighted by Gasteiger charge is -2.28. The Morgan fingerprint density at radius 3 is 2.62 bits per heavy atom. The number of hydrogen-bond donors (Lipinski definition) is 1. The molecule has 1 heterocycles. The zero-order valence-electron chi connectivity index (χ0n) is 8.49. The molecule has 1 aliphatic rings. The van der Waals surface area contributed by atoms with Crippen LogP contribution in [0, 0.1) is 0 Å². The number of nitrogens with zero attached hydrogens (tertiary/aromatic N) is 1. The van der Waals surface area contributed by atoms with Gasteiger partial charge in [0.1, 0.15) is 0 Å². The predicted molar refractivity (Wildman–Crippen MR) is 52.7 cm³/mol. The highest BCUT2D eigenvalue weighted by Crippen LogP contribution is 2.13. The summed E-state index contributed by atoms with van der Waals surface area (Å²) in [5.74, 6) is 0. The highest BCUT2D eigenvalue weighted by atomic mass is 16.5. The van der Waals surface area contributed by atoms with E-state index in [-0.39, 0.29) is 0 Å². The lowest BCUT2D eigenvalue weighted by molar-refractivity contribution is 0.000445. The monoisotopic (exact) mass is 185 g/mol. The summed E-state index contributed by atoms with van der Waals surface area (Å²) >= 11 is 0. The zero-order valence-corrected chi connectivity index (χ0v) is 8.49. The molecule has 0 bridgehead atoms. The van der Waals surface area contributed by atoms with Crippen LogP contribution in [0.2, 0.25) is 0 Å². The van der Waals surface area contributed by atoms with E-state index in [0.29, 0.717) is 13.0 Å². The van der Waals surface area contributed by atoms with Crippen LogP contribution in [0.4, 0.5) is 0 Å². The minimum atomic E-state index is -0.623. The molecule has 1 aliphatic heterocycles. The van der Waals surface area contributed by atoms with Gasteiger partial charge in [-0.1, -0.05) is 12.2 Å². The maximum atomic E-state index is 9.96. The molecule has 76 valence electrons. The fraction of sp³-hybridized carbons (Fsp3) is 0.800. The van der Waals surface area contributed by atoms with Crippen LogP contribution >= 0.6 is 0 Å². The Morgan fingerprint density at radius 1 is 1.46 bits per heavy atom. The first-order valence-electron chi connectivity index (χ1n) is 4.73. The fourth-order valence-electron chi connectivity index (χ4n) is 1.53. The second-order valence-electron chi connectivity index (χ2n) is 3.91. The van der Waals surface area contributed by atoms with Crippen molar-refractivity contribution in [2.75, 3.05) is 33.4 Å². The van der Waals surface area contributed by atoms with E-state index in [1.54, 1.807) is 7.11 Å². The molecule has 13 heavy (non-hydrogen) atoms. The molecule has 0 amide bonds. The number of ether oxygens (including phenoxy) is 1. The van der Waals surface area contributed by atoms with Crippen LogP contribution in [0.1, 0.15) is 13.3 Å². The van der Waals surface area contributed by atoms with E-state index in [1.165, 1.54) is 0 Å². The lowest BCUT2D eigenvalue weighted by atomic mass is 10.0. The molecular formula is C10H19NO2. The third kappa shape index (κ3) is 3.89. The van der Waals surface area contributed by atoms with Gasteiger partial charge in [-0.25, -0.2) is 0 Å². The molecule has 1 unspecified atom stereocenters. The molecule has 0 aromatic heterocycles. The van der Waals surface area contributed by atoms with E-state index in [4.69, 9.17) is 4.74 Å². The normalized spacial score (nSPS) is 22.1.